The molecule has 0 amide bonds. The first-order valence-electron chi connectivity index (χ1n) is 8.90. The van der Waals surface area contributed by atoms with Gasteiger partial charge in [0.05, 0.1) is 22.4 Å². The van der Waals surface area contributed by atoms with E-state index in [9.17, 15) is 0 Å². The van der Waals surface area contributed by atoms with Crippen LogP contribution in [0.25, 0.3) is 44.3 Å². The maximum absolute atomic E-state index is 6.10. The summed E-state index contributed by atoms with van der Waals surface area (Å²) in [6.07, 6.45) is 0. The van der Waals surface area contributed by atoms with Gasteiger partial charge in [-0.2, -0.15) is 0 Å². The molecule has 0 aliphatic carbocycles. The van der Waals surface area contributed by atoms with Crippen molar-refractivity contribution in [3.8, 4) is 22.5 Å². The summed E-state index contributed by atoms with van der Waals surface area (Å²) in [5.74, 6) is 0. The monoisotopic (exact) mass is 400 g/mol. The molecular weight excluding hydrogens is 387 g/mol. The number of rotatable bonds is 2. The van der Waals surface area contributed by atoms with E-state index in [2.05, 4.69) is 18.2 Å². The van der Waals surface area contributed by atoms with Gasteiger partial charge >= 0.3 is 0 Å². The molecule has 5 rings (SSSR count). The Morgan fingerprint density at radius 3 is 1.75 bits per heavy atom. The van der Waals surface area contributed by atoms with Gasteiger partial charge in [-0.15, -0.1) is 0 Å². The fraction of sp³-hybridized carbons (Fsp3) is 0. The van der Waals surface area contributed by atoms with E-state index in [0.29, 0.717) is 10.0 Å². The average molecular weight is 401 g/mol. The molecular formula is C24H14Cl2N2. The second-order valence-electron chi connectivity index (χ2n) is 6.59. The summed E-state index contributed by atoms with van der Waals surface area (Å²) in [4.78, 5) is 10.0. The summed E-state index contributed by atoms with van der Waals surface area (Å²) in [6.45, 7) is 0. The molecule has 1 heterocycles. The largest absolute Gasteiger partial charge is 0.244 e. The molecule has 0 N–H and O–H groups in total. The second-order valence-corrected chi connectivity index (χ2v) is 7.46. The molecule has 0 radical (unpaired) electrons. The molecule has 0 spiro atoms. The Hall–Kier alpha value is -2.94. The smallest absolute Gasteiger partial charge is 0.0973 e. The maximum Gasteiger partial charge on any atom is 0.0973 e. The van der Waals surface area contributed by atoms with Crippen LogP contribution in [0.1, 0.15) is 0 Å². The first kappa shape index (κ1) is 17.2. The van der Waals surface area contributed by atoms with Crippen molar-refractivity contribution >= 4 is 45.0 Å². The van der Waals surface area contributed by atoms with Crippen LogP contribution in [0.2, 0.25) is 10.0 Å². The lowest BCUT2D eigenvalue weighted by molar-refractivity contribution is 1.30. The molecule has 0 aliphatic rings. The Morgan fingerprint density at radius 2 is 1.11 bits per heavy atom. The minimum absolute atomic E-state index is 0.691. The highest BCUT2D eigenvalue weighted by Crippen LogP contribution is 2.34. The van der Waals surface area contributed by atoms with E-state index < -0.39 is 0 Å². The van der Waals surface area contributed by atoms with Gasteiger partial charge in [-0.3, -0.25) is 0 Å². The molecule has 4 heteroatoms. The summed E-state index contributed by atoms with van der Waals surface area (Å²) in [7, 11) is 0. The third kappa shape index (κ3) is 3.01. The average Bonchev–Trinajstić information content (AvgIpc) is 2.74. The summed E-state index contributed by atoms with van der Waals surface area (Å²) >= 11 is 12.2. The van der Waals surface area contributed by atoms with E-state index >= 15 is 0 Å². The lowest BCUT2D eigenvalue weighted by Gasteiger charge is -2.12. The molecule has 0 aliphatic heterocycles. The number of halogens is 2. The molecule has 4 aromatic carbocycles. The fourth-order valence-corrected chi connectivity index (χ4v) is 3.66. The van der Waals surface area contributed by atoms with Gasteiger partial charge in [-0.1, -0.05) is 77.8 Å². The standard InChI is InChI=1S/C24H14Cl2N2/c25-18-10-5-16(6-11-18)22-23(17-7-12-19(26)13-8-17)28-24-20-4-2-1-3-15(20)9-14-21(24)27-22/h1-14H. The van der Waals surface area contributed by atoms with Crippen molar-refractivity contribution in [3.05, 3.63) is 95.0 Å². The van der Waals surface area contributed by atoms with Crippen molar-refractivity contribution in [1.29, 1.82) is 0 Å². The number of hydrogen-bond donors (Lipinski definition) is 0. The third-order valence-corrected chi connectivity index (χ3v) is 5.30. The van der Waals surface area contributed by atoms with E-state index in [1.165, 1.54) is 0 Å². The Labute approximate surface area is 172 Å². The van der Waals surface area contributed by atoms with Gasteiger partial charge < -0.3 is 0 Å². The summed E-state index contributed by atoms with van der Waals surface area (Å²) in [6, 6.07) is 27.7. The van der Waals surface area contributed by atoms with Crippen LogP contribution < -0.4 is 0 Å². The number of fused-ring (bicyclic) bond motifs is 3. The highest BCUT2D eigenvalue weighted by atomic mass is 35.5. The quantitative estimate of drug-likeness (QED) is 0.288. The van der Waals surface area contributed by atoms with Gasteiger partial charge in [-0.25, -0.2) is 9.97 Å². The number of aromatic nitrogens is 2. The van der Waals surface area contributed by atoms with E-state index in [1.807, 2.05) is 66.7 Å². The van der Waals surface area contributed by atoms with Gasteiger partial charge in [0, 0.05) is 26.6 Å². The number of nitrogens with zero attached hydrogens (tertiary/aromatic N) is 2. The lowest BCUT2D eigenvalue weighted by atomic mass is 10.0. The van der Waals surface area contributed by atoms with E-state index in [4.69, 9.17) is 33.2 Å². The van der Waals surface area contributed by atoms with Gasteiger partial charge in [0.1, 0.15) is 0 Å². The Bertz CT molecular complexity index is 1310. The predicted molar refractivity (Wildman–Crippen MR) is 118 cm³/mol. The molecule has 134 valence electrons. The Balaban J connectivity index is 1.86. The van der Waals surface area contributed by atoms with Crippen LogP contribution in [0.15, 0.2) is 84.9 Å². The summed E-state index contributed by atoms with van der Waals surface area (Å²) < 4.78 is 0. The maximum atomic E-state index is 6.10. The van der Waals surface area contributed by atoms with Gasteiger partial charge in [0.2, 0.25) is 0 Å². The van der Waals surface area contributed by atoms with Crippen molar-refractivity contribution in [2.75, 3.05) is 0 Å². The number of benzene rings is 4. The minimum atomic E-state index is 0.691. The van der Waals surface area contributed by atoms with Crippen LogP contribution in [0.4, 0.5) is 0 Å². The zero-order valence-electron chi connectivity index (χ0n) is 14.7. The van der Waals surface area contributed by atoms with E-state index in [0.717, 1.165) is 44.3 Å². The summed E-state index contributed by atoms with van der Waals surface area (Å²) in [5, 5.41) is 3.61. The van der Waals surface area contributed by atoms with Crippen molar-refractivity contribution in [1.82, 2.24) is 9.97 Å². The van der Waals surface area contributed by atoms with Crippen LogP contribution in [0.5, 0.6) is 0 Å². The van der Waals surface area contributed by atoms with E-state index in [-0.39, 0.29) is 0 Å². The molecule has 1 aromatic heterocycles. The zero-order chi connectivity index (χ0) is 19.1. The van der Waals surface area contributed by atoms with Gasteiger partial charge in [0.25, 0.3) is 0 Å². The van der Waals surface area contributed by atoms with Crippen molar-refractivity contribution in [2.24, 2.45) is 0 Å². The molecule has 0 saturated carbocycles. The Kier molecular flexibility index (Phi) is 4.23. The van der Waals surface area contributed by atoms with Gasteiger partial charge in [-0.05, 0) is 35.7 Å². The lowest BCUT2D eigenvalue weighted by Crippen LogP contribution is -1.96. The minimum Gasteiger partial charge on any atom is -0.244 e. The second kappa shape index (κ2) is 6.90. The topological polar surface area (TPSA) is 25.8 Å². The van der Waals surface area contributed by atoms with Crippen molar-refractivity contribution < 1.29 is 0 Å². The zero-order valence-corrected chi connectivity index (χ0v) is 16.2. The Morgan fingerprint density at radius 1 is 0.536 bits per heavy atom. The summed E-state index contributed by atoms with van der Waals surface area (Å²) in [5.41, 5.74) is 5.33. The van der Waals surface area contributed by atoms with Crippen LogP contribution in [-0.4, -0.2) is 9.97 Å². The first-order chi connectivity index (χ1) is 13.7. The molecule has 2 nitrogen and oxygen atoms in total. The van der Waals surface area contributed by atoms with E-state index in [1.54, 1.807) is 0 Å². The third-order valence-electron chi connectivity index (χ3n) is 4.79. The molecule has 0 bridgehead atoms. The van der Waals surface area contributed by atoms with Gasteiger partial charge in [0.15, 0.2) is 0 Å². The molecule has 0 saturated heterocycles. The highest BCUT2D eigenvalue weighted by molar-refractivity contribution is 6.31. The molecule has 0 unspecified atom stereocenters. The first-order valence-corrected chi connectivity index (χ1v) is 9.66. The highest BCUT2D eigenvalue weighted by Gasteiger charge is 2.14. The molecule has 28 heavy (non-hydrogen) atoms. The normalized spacial score (nSPS) is 11.2. The number of hydrogen-bond acceptors (Lipinski definition) is 2. The van der Waals surface area contributed by atoms with Crippen LogP contribution >= 0.6 is 23.2 Å². The van der Waals surface area contributed by atoms with Crippen LogP contribution in [0, 0.1) is 0 Å². The van der Waals surface area contributed by atoms with Crippen molar-refractivity contribution in [2.45, 2.75) is 0 Å². The predicted octanol–water partition coefficient (Wildman–Crippen LogP) is 7.42. The van der Waals surface area contributed by atoms with Crippen LogP contribution in [-0.2, 0) is 0 Å². The molecule has 0 atom stereocenters. The molecule has 5 aromatic rings. The molecule has 0 fully saturated rings. The SMILES string of the molecule is Clc1ccc(-c2nc3ccc4ccccc4c3nc2-c2ccc(Cl)cc2)cc1. The van der Waals surface area contributed by atoms with Crippen molar-refractivity contribution in [3.63, 3.8) is 0 Å². The van der Waals surface area contributed by atoms with Crippen LogP contribution in [0.3, 0.4) is 0 Å². The fourth-order valence-electron chi connectivity index (χ4n) is 3.41.